The molecule has 0 heterocycles. The molecule has 0 saturated carbocycles. The molecule has 1 aromatic carbocycles. The standard InChI is InChI=1S/C15H25NOS/c1-4-14(16)11-18-9-5-8-17-15-10-12(2)6-7-13(15)3/h6-7,10,14H,4-5,8-9,11,16H2,1-3H3. The second kappa shape index (κ2) is 8.44. The van der Waals surface area contributed by atoms with Crippen LogP contribution in [0.3, 0.4) is 0 Å². The first kappa shape index (κ1) is 15.4. The van der Waals surface area contributed by atoms with Gasteiger partial charge < -0.3 is 10.5 Å². The zero-order valence-electron chi connectivity index (χ0n) is 11.7. The van der Waals surface area contributed by atoms with Crippen molar-refractivity contribution in [3.63, 3.8) is 0 Å². The third kappa shape index (κ3) is 5.78. The molecule has 0 aromatic heterocycles. The Kier molecular flexibility index (Phi) is 7.21. The molecule has 1 rings (SSSR count). The average molecular weight is 267 g/mol. The number of thioether (sulfide) groups is 1. The molecule has 0 bridgehead atoms. The number of nitrogens with two attached hydrogens (primary N) is 1. The molecule has 102 valence electrons. The van der Waals surface area contributed by atoms with E-state index < -0.39 is 0 Å². The van der Waals surface area contributed by atoms with E-state index in [9.17, 15) is 0 Å². The van der Waals surface area contributed by atoms with Crippen molar-refractivity contribution in [3.05, 3.63) is 29.3 Å². The van der Waals surface area contributed by atoms with E-state index in [4.69, 9.17) is 10.5 Å². The van der Waals surface area contributed by atoms with Gasteiger partial charge in [-0.25, -0.2) is 0 Å². The minimum absolute atomic E-state index is 0.343. The number of hydrogen-bond donors (Lipinski definition) is 1. The van der Waals surface area contributed by atoms with Crippen molar-refractivity contribution >= 4 is 11.8 Å². The van der Waals surface area contributed by atoms with E-state index >= 15 is 0 Å². The van der Waals surface area contributed by atoms with E-state index in [2.05, 4.69) is 39.0 Å². The number of benzene rings is 1. The van der Waals surface area contributed by atoms with Crippen LogP contribution >= 0.6 is 11.8 Å². The van der Waals surface area contributed by atoms with Crippen LogP contribution in [0.2, 0.25) is 0 Å². The van der Waals surface area contributed by atoms with E-state index in [0.717, 1.165) is 36.7 Å². The highest BCUT2D eigenvalue weighted by atomic mass is 32.2. The van der Waals surface area contributed by atoms with Gasteiger partial charge in [-0.15, -0.1) is 0 Å². The van der Waals surface area contributed by atoms with Crippen LogP contribution in [0.25, 0.3) is 0 Å². The topological polar surface area (TPSA) is 35.2 Å². The van der Waals surface area contributed by atoms with Gasteiger partial charge in [-0.1, -0.05) is 19.1 Å². The maximum Gasteiger partial charge on any atom is 0.122 e. The summed E-state index contributed by atoms with van der Waals surface area (Å²) in [5.74, 6) is 3.20. The van der Waals surface area contributed by atoms with Gasteiger partial charge in [0, 0.05) is 11.8 Å². The summed E-state index contributed by atoms with van der Waals surface area (Å²) < 4.78 is 5.81. The van der Waals surface area contributed by atoms with Crippen molar-refractivity contribution in [3.8, 4) is 5.75 Å². The van der Waals surface area contributed by atoms with E-state index in [-0.39, 0.29) is 0 Å². The van der Waals surface area contributed by atoms with Crippen LogP contribution < -0.4 is 10.5 Å². The van der Waals surface area contributed by atoms with Crippen molar-refractivity contribution in [2.45, 2.75) is 39.7 Å². The third-order valence-electron chi connectivity index (χ3n) is 2.89. The van der Waals surface area contributed by atoms with Crippen LogP contribution in [0.5, 0.6) is 5.75 Å². The molecule has 0 spiro atoms. The van der Waals surface area contributed by atoms with Crippen LogP contribution in [-0.2, 0) is 0 Å². The molecule has 0 amide bonds. The summed E-state index contributed by atoms with van der Waals surface area (Å²) >= 11 is 1.92. The highest BCUT2D eigenvalue weighted by Gasteiger charge is 2.01. The quantitative estimate of drug-likeness (QED) is 0.732. The molecular weight excluding hydrogens is 242 g/mol. The lowest BCUT2D eigenvalue weighted by Crippen LogP contribution is -2.21. The molecule has 2 nitrogen and oxygen atoms in total. The fourth-order valence-corrected chi connectivity index (χ4v) is 2.59. The number of hydrogen-bond acceptors (Lipinski definition) is 3. The monoisotopic (exact) mass is 267 g/mol. The highest BCUT2D eigenvalue weighted by Crippen LogP contribution is 2.19. The summed E-state index contributed by atoms with van der Waals surface area (Å²) in [7, 11) is 0. The van der Waals surface area contributed by atoms with E-state index in [1.165, 1.54) is 11.1 Å². The maximum absolute atomic E-state index is 5.86. The molecule has 3 heteroatoms. The molecular formula is C15H25NOS. The second-order valence-electron chi connectivity index (χ2n) is 4.71. The molecule has 0 aliphatic carbocycles. The Morgan fingerprint density at radius 1 is 1.33 bits per heavy atom. The molecule has 0 fully saturated rings. The summed E-state index contributed by atoms with van der Waals surface area (Å²) in [6, 6.07) is 6.68. The van der Waals surface area contributed by atoms with Crippen LogP contribution in [-0.4, -0.2) is 24.2 Å². The largest absolute Gasteiger partial charge is 0.493 e. The summed E-state index contributed by atoms with van der Waals surface area (Å²) in [5, 5.41) is 0. The summed E-state index contributed by atoms with van der Waals surface area (Å²) in [5.41, 5.74) is 8.32. The van der Waals surface area contributed by atoms with Gasteiger partial charge in [-0.05, 0) is 49.6 Å². The van der Waals surface area contributed by atoms with Crippen molar-refractivity contribution < 1.29 is 4.74 Å². The fraction of sp³-hybridized carbons (Fsp3) is 0.600. The van der Waals surface area contributed by atoms with E-state index in [0.29, 0.717) is 6.04 Å². The fourth-order valence-electron chi connectivity index (χ4n) is 1.56. The van der Waals surface area contributed by atoms with Crippen molar-refractivity contribution in [2.75, 3.05) is 18.1 Å². The Hall–Kier alpha value is -0.670. The molecule has 0 saturated heterocycles. The molecule has 2 N–H and O–H groups in total. The molecule has 0 radical (unpaired) electrons. The van der Waals surface area contributed by atoms with Gasteiger partial charge in [-0.3, -0.25) is 0 Å². The molecule has 1 aromatic rings. The Morgan fingerprint density at radius 2 is 2.11 bits per heavy atom. The first-order valence-electron chi connectivity index (χ1n) is 6.67. The SMILES string of the molecule is CCC(N)CSCCCOc1cc(C)ccc1C. The van der Waals surface area contributed by atoms with E-state index in [1.807, 2.05) is 11.8 Å². The van der Waals surface area contributed by atoms with Crippen LogP contribution in [0.4, 0.5) is 0 Å². The molecule has 1 atom stereocenters. The second-order valence-corrected chi connectivity index (χ2v) is 5.86. The van der Waals surface area contributed by atoms with Gasteiger partial charge in [-0.2, -0.15) is 11.8 Å². The lowest BCUT2D eigenvalue weighted by molar-refractivity contribution is 0.316. The molecule has 18 heavy (non-hydrogen) atoms. The van der Waals surface area contributed by atoms with Gasteiger partial charge in [0.1, 0.15) is 5.75 Å². The van der Waals surface area contributed by atoms with Crippen LogP contribution in [0.1, 0.15) is 30.9 Å². The smallest absolute Gasteiger partial charge is 0.122 e. The van der Waals surface area contributed by atoms with Crippen LogP contribution in [0, 0.1) is 13.8 Å². The Morgan fingerprint density at radius 3 is 2.83 bits per heavy atom. The third-order valence-corrected chi connectivity index (χ3v) is 4.13. The zero-order chi connectivity index (χ0) is 13.4. The van der Waals surface area contributed by atoms with Crippen molar-refractivity contribution in [2.24, 2.45) is 5.73 Å². The van der Waals surface area contributed by atoms with Gasteiger partial charge in [0.25, 0.3) is 0 Å². The summed E-state index contributed by atoms with van der Waals surface area (Å²) in [6.07, 6.45) is 2.14. The van der Waals surface area contributed by atoms with Crippen molar-refractivity contribution in [1.82, 2.24) is 0 Å². The zero-order valence-corrected chi connectivity index (χ0v) is 12.6. The van der Waals surface area contributed by atoms with Crippen molar-refractivity contribution in [1.29, 1.82) is 0 Å². The number of rotatable bonds is 8. The number of ether oxygens (including phenoxy) is 1. The summed E-state index contributed by atoms with van der Waals surface area (Å²) in [6.45, 7) is 7.10. The Labute approximate surface area is 115 Å². The van der Waals surface area contributed by atoms with E-state index in [1.54, 1.807) is 0 Å². The first-order valence-corrected chi connectivity index (χ1v) is 7.82. The number of aryl methyl sites for hydroxylation is 2. The molecule has 0 aliphatic rings. The maximum atomic E-state index is 5.86. The van der Waals surface area contributed by atoms with Gasteiger partial charge >= 0.3 is 0 Å². The predicted octanol–water partition coefficient (Wildman–Crippen LogP) is 3.54. The minimum atomic E-state index is 0.343. The predicted molar refractivity (Wildman–Crippen MR) is 81.6 cm³/mol. The normalized spacial score (nSPS) is 12.4. The lowest BCUT2D eigenvalue weighted by Gasteiger charge is -2.10. The first-order chi connectivity index (χ1) is 8.63. The summed E-state index contributed by atoms with van der Waals surface area (Å²) in [4.78, 5) is 0. The van der Waals surface area contributed by atoms with Crippen LogP contribution in [0.15, 0.2) is 18.2 Å². The Bertz CT molecular complexity index is 354. The van der Waals surface area contributed by atoms with Gasteiger partial charge in [0.05, 0.1) is 6.61 Å². The van der Waals surface area contributed by atoms with Gasteiger partial charge in [0.2, 0.25) is 0 Å². The Balaban J connectivity index is 2.16. The highest BCUT2D eigenvalue weighted by molar-refractivity contribution is 7.99. The molecule has 1 unspecified atom stereocenters. The minimum Gasteiger partial charge on any atom is -0.493 e. The van der Waals surface area contributed by atoms with Gasteiger partial charge in [0.15, 0.2) is 0 Å². The average Bonchev–Trinajstić information content (AvgIpc) is 2.37. The lowest BCUT2D eigenvalue weighted by atomic mass is 10.1. The molecule has 0 aliphatic heterocycles.